The van der Waals surface area contributed by atoms with Crippen LogP contribution in [-0.2, 0) is 13.1 Å². The van der Waals surface area contributed by atoms with Gasteiger partial charge in [-0.05, 0) is 35.4 Å². The topological polar surface area (TPSA) is 54.9 Å². The smallest absolute Gasteiger partial charge is 0.422 e. The van der Waals surface area contributed by atoms with Crippen molar-refractivity contribution in [3.05, 3.63) is 59.7 Å². The summed E-state index contributed by atoms with van der Waals surface area (Å²) in [5, 5.41) is 6.16. The summed E-state index contributed by atoms with van der Waals surface area (Å²) in [6.07, 6.45) is -6.92. The fourth-order valence-electron chi connectivity index (χ4n) is 2.37. The molecule has 2 aromatic carbocycles. The van der Waals surface area contributed by atoms with E-state index in [4.69, 9.17) is 4.74 Å². The fraction of sp³-hybridized carbons (Fsp3) is 0.350. The second-order valence-corrected chi connectivity index (χ2v) is 6.18. The summed E-state index contributed by atoms with van der Waals surface area (Å²) < 4.78 is 70.6. The summed E-state index contributed by atoms with van der Waals surface area (Å²) in [6, 6.07) is 13.0. The van der Waals surface area contributed by atoms with Crippen LogP contribution in [0.25, 0.3) is 0 Å². The number of alkyl halides is 5. The van der Waals surface area contributed by atoms with Crippen LogP contribution in [0.3, 0.4) is 0 Å². The van der Waals surface area contributed by atoms with Crippen LogP contribution in [0.2, 0.25) is 0 Å². The quantitative estimate of drug-likeness (QED) is 0.202. The highest BCUT2D eigenvalue weighted by molar-refractivity contribution is 14.0. The van der Waals surface area contributed by atoms with Crippen LogP contribution in [0.1, 0.15) is 11.1 Å². The summed E-state index contributed by atoms with van der Waals surface area (Å²) >= 11 is 0. The molecule has 0 aliphatic heterocycles. The summed E-state index contributed by atoms with van der Waals surface area (Å²) in [6.45, 7) is -1.23. The van der Waals surface area contributed by atoms with E-state index in [2.05, 4.69) is 20.4 Å². The van der Waals surface area contributed by atoms with Crippen molar-refractivity contribution in [2.45, 2.75) is 25.7 Å². The molecule has 0 radical (unpaired) electrons. The Bertz CT molecular complexity index is 817. The standard InChI is InChI=1S/C20H22F5N3O2.HI/c1-26-19(28-11-15-3-2-4-17(9-15)29-12-18(21)22)27-10-14-5-7-16(8-6-14)30-13-20(23,24)25;/h2-9,18H,10-13H2,1H3,(H2,26,27,28);1H. The Morgan fingerprint density at radius 2 is 1.58 bits per heavy atom. The molecule has 0 aromatic heterocycles. The summed E-state index contributed by atoms with van der Waals surface area (Å²) in [7, 11) is 1.59. The molecule has 0 heterocycles. The first-order chi connectivity index (χ1) is 14.2. The van der Waals surface area contributed by atoms with Gasteiger partial charge < -0.3 is 20.1 Å². The maximum Gasteiger partial charge on any atom is 0.422 e. The van der Waals surface area contributed by atoms with E-state index in [0.29, 0.717) is 24.8 Å². The molecule has 11 heteroatoms. The molecular formula is C20H23F5IN3O2. The summed E-state index contributed by atoms with van der Waals surface area (Å²) in [4.78, 5) is 4.09. The number of hydrogen-bond acceptors (Lipinski definition) is 3. The third kappa shape index (κ3) is 11.0. The van der Waals surface area contributed by atoms with E-state index < -0.39 is 25.8 Å². The van der Waals surface area contributed by atoms with Gasteiger partial charge in [-0.2, -0.15) is 13.2 Å². The number of nitrogens with zero attached hydrogens (tertiary/aromatic N) is 1. The first kappa shape index (κ1) is 26.7. The zero-order valence-electron chi connectivity index (χ0n) is 16.6. The molecule has 2 aromatic rings. The van der Waals surface area contributed by atoms with E-state index in [9.17, 15) is 22.0 Å². The molecule has 0 saturated heterocycles. The molecular weight excluding hydrogens is 536 g/mol. The molecule has 0 atom stereocenters. The lowest BCUT2D eigenvalue weighted by atomic mass is 10.2. The fourth-order valence-corrected chi connectivity index (χ4v) is 2.37. The Kier molecular flexibility index (Phi) is 11.4. The minimum absolute atomic E-state index is 0. The Labute approximate surface area is 194 Å². The molecule has 0 aliphatic carbocycles. The van der Waals surface area contributed by atoms with Crippen LogP contribution in [0.5, 0.6) is 11.5 Å². The molecule has 5 nitrogen and oxygen atoms in total. The van der Waals surface area contributed by atoms with Gasteiger partial charge in [-0.3, -0.25) is 4.99 Å². The SMILES string of the molecule is CN=C(NCc1ccc(OCC(F)(F)F)cc1)NCc1cccc(OCC(F)F)c1.I. The van der Waals surface area contributed by atoms with Crippen LogP contribution in [-0.4, -0.2) is 38.8 Å². The lowest BCUT2D eigenvalue weighted by molar-refractivity contribution is -0.153. The van der Waals surface area contributed by atoms with Crippen molar-refractivity contribution >= 4 is 29.9 Å². The van der Waals surface area contributed by atoms with Crippen molar-refractivity contribution < 1.29 is 31.4 Å². The van der Waals surface area contributed by atoms with Gasteiger partial charge in [-0.1, -0.05) is 24.3 Å². The Hall–Kier alpha value is -2.31. The number of nitrogens with one attached hydrogen (secondary N) is 2. The number of rotatable bonds is 9. The molecule has 2 rings (SSSR count). The molecule has 2 N–H and O–H groups in total. The number of hydrogen-bond donors (Lipinski definition) is 2. The van der Waals surface area contributed by atoms with Crippen LogP contribution < -0.4 is 20.1 Å². The third-order valence-electron chi connectivity index (χ3n) is 3.74. The van der Waals surface area contributed by atoms with Crippen molar-refractivity contribution in [2.75, 3.05) is 20.3 Å². The van der Waals surface area contributed by atoms with Crippen molar-refractivity contribution in [1.82, 2.24) is 10.6 Å². The van der Waals surface area contributed by atoms with E-state index in [1.165, 1.54) is 12.1 Å². The molecule has 0 saturated carbocycles. The second kappa shape index (κ2) is 13.2. The van der Waals surface area contributed by atoms with Crippen molar-refractivity contribution in [1.29, 1.82) is 0 Å². The van der Waals surface area contributed by atoms with Gasteiger partial charge in [0.25, 0.3) is 6.43 Å². The van der Waals surface area contributed by atoms with Crippen LogP contribution in [0.15, 0.2) is 53.5 Å². The normalized spacial score (nSPS) is 11.6. The van der Waals surface area contributed by atoms with E-state index >= 15 is 0 Å². The van der Waals surface area contributed by atoms with Gasteiger partial charge in [0.1, 0.15) is 18.1 Å². The number of benzene rings is 2. The van der Waals surface area contributed by atoms with Gasteiger partial charge >= 0.3 is 6.18 Å². The predicted octanol–water partition coefficient (Wildman–Crippen LogP) is 4.75. The van der Waals surface area contributed by atoms with Crippen LogP contribution in [0, 0.1) is 0 Å². The monoisotopic (exact) mass is 559 g/mol. The largest absolute Gasteiger partial charge is 0.488 e. The highest BCUT2D eigenvalue weighted by atomic mass is 127. The van der Waals surface area contributed by atoms with Gasteiger partial charge in [0.2, 0.25) is 0 Å². The predicted molar refractivity (Wildman–Crippen MR) is 118 cm³/mol. The Morgan fingerprint density at radius 1 is 0.935 bits per heavy atom. The minimum atomic E-state index is -4.38. The zero-order valence-corrected chi connectivity index (χ0v) is 18.9. The number of guanidine groups is 1. The number of halogens is 6. The van der Waals surface area contributed by atoms with Crippen LogP contribution >= 0.6 is 24.0 Å². The molecule has 0 fully saturated rings. The average Bonchev–Trinajstić information content (AvgIpc) is 2.71. The zero-order chi connectivity index (χ0) is 22.0. The molecule has 0 spiro atoms. The van der Waals surface area contributed by atoms with Gasteiger partial charge in [0.05, 0.1) is 0 Å². The van der Waals surface area contributed by atoms with E-state index in [0.717, 1.165) is 11.1 Å². The lowest BCUT2D eigenvalue weighted by Crippen LogP contribution is -2.36. The Balaban J connectivity index is 0.00000480. The van der Waals surface area contributed by atoms with Gasteiger partial charge in [0, 0.05) is 20.1 Å². The molecule has 0 unspecified atom stereocenters. The maximum atomic E-state index is 12.2. The number of ether oxygens (including phenoxy) is 2. The molecule has 31 heavy (non-hydrogen) atoms. The molecule has 0 amide bonds. The van der Waals surface area contributed by atoms with Gasteiger partial charge in [-0.15, -0.1) is 24.0 Å². The van der Waals surface area contributed by atoms with E-state index in [-0.39, 0.29) is 29.7 Å². The van der Waals surface area contributed by atoms with Crippen LogP contribution in [0.4, 0.5) is 22.0 Å². The van der Waals surface area contributed by atoms with Gasteiger partial charge in [0.15, 0.2) is 12.6 Å². The highest BCUT2D eigenvalue weighted by Gasteiger charge is 2.28. The van der Waals surface area contributed by atoms with Gasteiger partial charge in [-0.25, -0.2) is 8.78 Å². The summed E-state index contributed by atoms with van der Waals surface area (Å²) in [5.74, 6) is 0.976. The molecule has 0 aliphatic rings. The second-order valence-electron chi connectivity index (χ2n) is 6.18. The summed E-state index contributed by atoms with van der Waals surface area (Å²) in [5.41, 5.74) is 1.63. The first-order valence-corrected chi connectivity index (χ1v) is 8.98. The molecule has 172 valence electrons. The first-order valence-electron chi connectivity index (χ1n) is 8.98. The maximum absolute atomic E-state index is 12.2. The molecule has 0 bridgehead atoms. The van der Waals surface area contributed by atoms with E-state index in [1.807, 2.05) is 6.07 Å². The lowest BCUT2D eigenvalue weighted by Gasteiger charge is -2.13. The highest BCUT2D eigenvalue weighted by Crippen LogP contribution is 2.19. The Morgan fingerprint density at radius 3 is 2.16 bits per heavy atom. The minimum Gasteiger partial charge on any atom is -0.488 e. The third-order valence-corrected chi connectivity index (χ3v) is 3.74. The van der Waals surface area contributed by atoms with Crippen molar-refractivity contribution in [2.24, 2.45) is 4.99 Å². The van der Waals surface area contributed by atoms with E-state index in [1.54, 1.807) is 37.4 Å². The average molecular weight is 559 g/mol. The van der Waals surface area contributed by atoms with Crippen molar-refractivity contribution in [3.8, 4) is 11.5 Å². The van der Waals surface area contributed by atoms with Crippen molar-refractivity contribution in [3.63, 3.8) is 0 Å². The number of aliphatic imine (C=N–C) groups is 1.